The minimum absolute atomic E-state index is 0.189. The van der Waals surface area contributed by atoms with E-state index in [-0.39, 0.29) is 5.82 Å². The summed E-state index contributed by atoms with van der Waals surface area (Å²) >= 11 is 0. The molecule has 0 saturated heterocycles. The van der Waals surface area contributed by atoms with Crippen molar-refractivity contribution in [2.24, 2.45) is 5.73 Å². The fourth-order valence-electron chi connectivity index (χ4n) is 2.62. The Labute approximate surface area is 117 Å². The van der Waals surface area contributed by atoms with Crippen LogP contribution >= 0.6 is 0 Å². The first-order chi connectivity index (χ1) is 9.70. The number of nitrogens with two attached hydrogens (primary N) is 1. The van der Waals surface area contributed by atoms with Crippen LogP contribution < -0.4 is 5.73 Å². The van der Waals surface area contributed by atoms with Crippen molar-refractivity contribution in [3.63, 3.8) is 0 Å². The molecule has 20 heavy (non-hydrogen) atoms. The van der Waals surface area contributed by atoms with Gasteiger partial charge in [-0.05, 0) is 35.1 Å². The van der Waals surface area contributed by atoms with E-state index in [9.17, 15) is 4.39 Å². The van der Waals surface area contributed by atoms with Crippen LogP contribution in [0.5, 0.6) is 0 Å². The lowest BCUT2D eigenvalue weighted by molar-refractivity contribution is 0.640. The smallest absolute Gasteiger partial charge is 0.131 e. The Morgan fingerprint density at radius 3 is 2.40 bits per heavy atom. The van der Waals surface area contributed by atoms with Crippen LogP contribution in [0.2, 0.25) is 0 Å². The normalized spacial score (nSPS) is 10.9. The van der Waals surface area contributed by atoms with Gasteiger partial charge in [0.2, 0.25) is 0 Å². The molecular weight excluding hydrogens is 249 g/mol. The molecule has 0 heterocycles. The molecule has 0 radical (unpaired) electrons. The van der Waals surface area contributed by atoms with Gasteiger partial charge in [-0.1, -0.05) is 54.1 Å². The molecule has 0 aliphatic carbocycles. The van der Waals surface area contributed by atoms with Crippen LogP contribution in [0.3, 0.4) is 0 Å². The Hall–Kier alpha value is -2.19. The number of rotatable bonds is 2. The largest absolute Gasteiger partial charge is 0.326 e. The molecule has 0 aromatic heterocycles. The SMILES string of the molecule is Cc1ccc(CN)c(-c2ccc(F)c3ccccc23)c1. The summed E-state index contributed by atoms with van der Waals surface area (Å²) < 4.78 is 13.9. The van der Waals surface area contributed by atoms with Gasteiger partial charge in [-0.15, -0.1) is 0 Å². The molecule has 0 unspecified atom stereocenters. The Kier molecular flexibility index (Phi) is 3.25. The van der Waals surface area contributed by atoms with Crippen LogP contribution in [0.25, 0.3) is 21.9 Å². The van der Waals surface area contributed by atoms with Crippen molar-refractivity contribution in [2.45, 2.75) is 13.5 Å². The highest BCUT2D eigenvalue weighted by Gasteiger charge is 2.10. The maximum atomic E-state index is 13.9. The van der Waals surface area contributed by atoms with E-state index < -0.39 is 0 Å². The van der Waals surface area contributed by atoms with Crippen molar-refractivity contribution in [2.75, 3.05) is 0 Å². The van der Waals surface area contributed by atoms with Crippen molar-refractivity contribution in [3.05, 3.63) is 71.5 Å². The summed E-state index contributed by atoms with van der Waals surface area (Å²) in [4.78, 5) is 0. The summed E-state index contributed by atoms with van der Waals surface area (Å²) in [7, 11) is 0. The number of halogens is 1. The molecule has 0 spiro atoms. The summed E-state index contributed by atoms with van der Waals surface area (Å²) in [5.74, 6) is -0.189. The van der Waals surface area contributed by atoms with Crippen molar-refractivity contribution < 1.29 is 4.39 Å². The fourth-order valence-corrected chi connectivity index (χ4v) is 2.62. The van der Waals surface area contributed by atoms with E-state index in [1.807, 2.05) is 36.4 Å². The topological polar surface area (TPSA) is 26.0 Å². The summed E-state index contributed by atoms with van der Waals surface area (Å²) in [5, 5.41) is 1.57. The zero-order valence-electron chi connectivity index (χ0n) is 11.4. The molecule has 100 valence electrons. The van der Waals surface area contributed by atoms with Crippen LogP contribution in [0, 0.1) is 12.7 Å². The first kappa shape index (κ1) is 12.8. The highest BCUT2D eigenvalue weighted by Crippen LogP contribution is 2.32. The van der Waals surface area contributed by atoms with Crippen LogP contribution in [-0.4, -0.2) is 0 Å². The van der Waals surface area contributed by atoms with Gasteiger partial charge in [-0.2, -0.15) is 0 Å². The van der Waals surface area contributed by atoms with Crippen LogP contribution in [0.15, 0.2) is 54.6 Å². The second-order valence-electron chi connectivity index (χ2n) is 5.01. The molecule has 2 N–H and O–H groups in total. The third-order valence-electron chi connectivity index (χ3n) is 3.65. The lowest BCUT2D eigenvalue weighted by atomic mass is 9.93. The maximum absolute atomic E-state index is 13.9. The van der Waals surface area contributed by atoms with Crippen molar-refractivity contribution in [3.8, 4) is 11.1 Å². The van der Waals surface area contributed by atoms with Gasteiger partial charge < -0.3 is 5.73 Å². The Morgan fingerprint density at radius 2 is 1.65 bits per heavy atom. The monoisotopic (exact) mass is 265 g/mol. The average molecular weight is 265 g/mol. The minimum Gasteiger partial charge on any atom is -0.326 e. The molecule has 0 bridgehead atoms. The molecule has 0 atom stereocenters. The molecule has 0 aliphatic heterocycles. The van der Waals surface area contributed by atoms with E-state index in [1.54, 1.807) is 0 Å². The molecule has 0 saturated carbocycles. The Morgan fingerprint density at radius 1 is 0.900 bits per heavy atom. The van der Waals surface area contributed by atoms with Gasteiger partial charge in [0.25, 0.3) is 0 Å². The minimum atomic E-state index is -0.189. The molecule has 0 aliphatic rings. The summed E-state index contributed by atoms with van der Waals surface area (Å²) in [6.07, 6.45) is 0. The van der Waals surface area contributed by atoms with Gasteiger partial charge in [0, 0.05) is 11.9 Å². The first-order valence-electron chi connectivity index (χ1n) is 6.68. The van der Waals surface area contributed by atoms with Gasteiger partial charge in [0.1, 0.15) is 5.82 Å². The van der Waals surface area contributed by atoms with Crippen LogP contribution in [0.4, 0.5) is 4.39 Å². The molecule has 3 aromatic rings. The van der Waals surface area contributed by atoms with Gasteiger partial charge in [-0.3, -0.25) is 0 Å². The predicted octanol–water partition coefficient (Wildman–Crippen LogP) is 4.41. The van der Waals surface area contributed by atoms with E-state index >= 15 is 0 Å². The maximum Gasteiger partial charge on any atom is 0.131 e. The lowest BCUT2D eigenvalue weighted by Gasteiger charge is -2.12. The van der Waals surface area contributed by atoms with E-state index in [2.05, 4.69) is 19.1 Å². The van der Waals surface area contributed by atoms with Gasteiger partial charge in [0.15, 0.2) is 0 Å². The van der Waals surface area contributed by atoms with Crippen molar-refractivity contribution in [1.82, 2.24) is 0 Å². The van der Waals surface area contributed by atoms with Crippen LogP contribution in [0.1, 0.15) is 11.1 Å². The van der Waals surface area contributed by atoms with E-state index in [1.165, 1.54) is 11.6 Å². The van der Waals surface area contributed by atoms with E-state index in [4.69, 9.17) is 5.73 Å². The third kappa shape index (κ3) is 2.08. The lowest BCUT2D eigenvalue weighted by Crippen LogP contribution is -1.99. The third-order valence-corrected chi connectivity index (χ3v) is 3.65. The predicted molar refractivity (Wildman–Crippen MR) is 82.0 cm³/mol. The number of hydrogen-bond acceptors (Lipinski definition) is 1. The second-order valence-corrected chi connectivity index (χ2v) is 5.01. The first-order valence-corrected chi connectivity index (χ1v) is 6.68. The number of aryl methyl sites for hydroxylation is 1. The zero-order chi connectivity index (χ0) is 14.1. The van der Waals surface area contributed by atoms with Crippen LogP contribution in [-0.2, 0) is 6.54 Å². The zero-order valence-corrected chi connectivity index (χ0v) is 11.4. The molecule has 3 aromatic carbocycles. The summed E-state index contributed by atoms with van der Waals surface area (Å²) in [6.45, 7) is 2.52. The van der Waals surface area contributed by atoms with Gasteiger partial charge in [-0.25, -0.2) is 4.39 Å². The summed E-state index contributed by atoms with van der Waals surface area (Å²) in [6, 6.07) is 17.1. The number of benzene rings is 3. The molecule has 3 rings (SSSR count). The average Bonchev–Trinajstić information content (AvgIpc) is 2.48. The molecule has 2 heteroatoms. The quantitative estimate of drug-likeness (QED) is 0.729. The molecule has 1 nitrogen and oxygen atoms in total. The molecular formula is C18H16FN. The Bertz CT molecular complexity index is 777. The highest BCUT2D eigenvalue weighted by atomic mass is 19.1. The van der Waals surface area contributed by atoms with Gasteiger partial charge >= 0.3 is 0 Å². The van der Waals surface area contributed by atoms with Gasteiger partial charge in [0.05, 0.1) is 0 Å². The highest BCUT2D eigenvalue weighted by molar-refractivity contribution is 5.97. The standard InChI is InChI=1S/C18H16FN/c1-12-6-7-13(11-20)17(10-12)15-8-9-18(19)16-5-3-2-4-14(15)16/h2-10H,11,20H2,1H3. The fraction of sp³-hybridized carbons (Fsp3) is 0.111. The van der Waals surface area contributed by atoms with E-state index in [0.29, 0.717) is 11.9 Å². The second kappa shape index (κ2) is 5.06. The molecule has 0 amide bonds. The van der Waals surface area contributed by atoms with Crippen molar-refractivity contribution in [1.29, 1.82) is 0 Å². The summed E-state index contributed by atoms with van der Waals surface area (Å²) in [5.41, 5.74) is 10.2. The number of hydrogen-bond donors (Lipinski definition) is 1. The van der Waals surface area contributed by atoms with E-state index in [0.717, 1.165) is 22.1 Å². The van der Waals surface area contributed by atoms with Crippen molar-refractivity contribution >= 4 is 10.8 Å². The Balaban J connectivity index is 2.36. The molecule has 0 fully saturated rings. The number of fused-ring (bicyclic) bond motifs is 1.